The molecule has 0 aliphatic carbocycles. The van der Waals surface area contributed by atoms with E-state index in [1.54, 1.807) is 0 Å². The van der Waals surface area contributed by atoms with Gasteiger partial charge in [0.15, 0.2) is 0 Å². The summed E-state index contributed by atoms with van der Waals surface area (Å²) >= 11 is 0. The molecule has 0 saturated heterocycles. The highest BCUT2D eigenvalue weighted by molar-refractivity contribution is 5.14. The molecule has 1 aromatic carbocycles. The Balaban J connectivity index is 2.28. The molecule has 0 aliphatic heterocycles. The van der Waals surface area contributed by atoms with Gasteiger partial charge in [-0.2, -0.15) is 0 Å². The van der Waals surface area contributed by atoms with Gasteiger partial charge in [0, 0.05) is 0 Å². The number of hydrogen-bond donors (Lipinski definition) is 0. The molecule has 0 heterocycles. The summed E-state index contributed by atoms with van der Waals surface area (Å²) in [5.41, 5.74) is 1.31. The van der Waals surface area contributed by atoms with Gasteiger partial charge in [0.25, 0.3) is 0 Å². The van der Waals surface area contributed by atoms with E-state index in [9.17, 15) is 4.39 Å². The zero-order valence-electron chi connectivity index (χ0n) is 6.59. The van der Waals surface area contributed by atoms with Crippen LogP contribution in [0.25, 0.3) is 0 Å². The minimum atomic E-state index is -0.188. The van der Waals surface area contributed by atoms with Gasteiger partial charge in [-0.1, -0.05) is 30.3 Å². The number of rotatable bonds is 4. The second kappa shape index (κ2) is 4.89. The Labute approximate surface area is 67.1 Å². The summed E-state index contributed by atoms with van der Waals surface area (Å²) in [6, 6.07) is 10.2. The van der Waals surface area contributed by atoms with Gasteiger partial charge in [-0.25, -0.2) is 0 Å². The zero-order chi connectivity index (χ0) is 7.94. The van der Waals surface area contributed by atoms with Gasteiger partial charge in [0.2, 0.25) is 0 Å². The predicted molar refractivity (Wildman–Crippen MR) is 45.4 cm³/mol. The Morgan fingerprint density at radius 2 is 1.73 bits per heavy atom. The highest BCUT2D eigenvalue weighted by atomic mass is 19.1. The van der Waals surface area contributed by atoms with Crippen molar-refractivity contribution in [3.8, 4) is 0 Å². The van der Waals surface area contributed by atoms with Crippen LogP contribution in [-0.4, -0.2) is 6.67 Å². The fraction of sp³-hybridized carbons (Fsp3) is 0.400. The second-order valence-corrected chi connectivity index (χ2v) is 2.63. The molecule has 0 N–H and O–H groups in total. The van der Waals surface area contributed by atoms with E-state index in [1.165, 1.54) is 5.56 Å². The van der Waals surface area contributed by atoms with E-state index in [4.69, 9.17) is 0 Å². The average molecular weight is 152 g/mol. The molecule has 1 rings (SSSR count). The Hall–Kier alpha value is -0.850. The van der Waals surface area contributed by atoms with Gasteiger partial charge in [-0.3, -0.25) is 4.39 Å². The third-order valence-electron chi connectivity index (χ3n) is 1.69. The molecule has 0 nitrogen and oxygen atoms in total. The summed E-state index contributed by atoms with van der Waals surface area (Å²) < 4.78 is 11.7. The second-order valence-electron chi connectivity index (χ2n) is 2.63. The molecule has 0 aliphatic rings. The van der Waals surface area contributed by atoms with Crippen molar-refractivity contribution in [2.45, 2.75) is 19.3 Å². The summed E-state index contributed by atoms with van der Waals surface area (Å²) in [6.45, 7) is -0.188. The van der Waals surface area contributed by atoms with Crippen molar-refractivity contribution in [1.82, 2.24) is 0 Å². The maximum Gasteiger partial charge on any atom is 0.0894 e. The molecule has 0 aromatic heterocycles. The molecule has 0 amide bonds. The molecular weight excluding hydrogens is 139 g/mol. The van der Waals surface area contributed by atoms with Crippen molar-refractivity contribution in [3.05, 3.63) is 35.9 Å². The molecular formula is C10H13F. The normalized spacial score (nSPS) is 9.91. The molecule has 1 aromatic rings. The molecule has 0 unspecified atom stereocenters. The maximum absolute atomic E-state index is 11.7. The maximum atomic E-state index is 11.7. The van der Waals surface area contributed by atoms with E-state index in [2.05, 4.69) is 12.1 Å². The lowest BCUT2D eigenvalue weighted by molar-refractivity contribution is 0.462. The van der Waals surface area contributed by atoms with E-state index >= 15 is 0 Å². The number of alkyl halides is 1. The van der Waals surface area contributed by atoms with Crippen molar-refractivity contribution in [3.63, 3.8) is 0 Å². The molecule has 0 radical (unpaired) electrons. The van der Waals surface area contributed by atoms with Crippen molar-refractivity contribution in [1.29, 1.82) is 0 Å². The van der Waals surface area contributed by atoms with Gasteiger partial charge >= 0.3 is 0 Å². The molecule has 0 fully saturated rings. The molecule has 11 heavy (non-hydrogen) atoms. The first kappa shape index (κ1) is 8.25. The van der Waals surface area contributed by atoms with Crippen molar-refractivity contribution < 1.29 is 4.39 Å². The minimum Gasteiger partial charge on any atom is -0.251 e. The standard InChI is InChI=1S/C10H13F/c11-9-5-4-8-10-6-2-1-3-7-10/h1-3,6-7H,4-5,8-9H2. The number of aryl methyl sites for hydroxylation is 1. The van der Waals surface area contributed by atoms with E-state index < -0.39 is 0 Å². The highest BCUT2D eigenvalue weighted by Crippen LogP contribution is 2.03. The summed E-state index contributed by atoms with van der Waals surface area (Å²) in [7, 11) is 0. The number of benzene rings is 1. The molecule has 60 valence electrons. The summed E-state index contributed by atoms with van der Waals surface area (Å²) in [6.07, 6.45) is 2.65. The van der Waals surface area contributed by atoms with Crippen molar-refractivity contribution >= 4 is 0 Å². The van der Waals surface area contributed by atoms with Crippen LogP contribution in [0.15, 0.2) is 30.3 Å². The average Bonchev–Trinajstić information content (AvgIpc) is 2.07. The van der Waals surface area contributed by atoms with Crippen molar-refractivity contribution in [2.24, 2.45) is 0 Å². The third kappa shape index (κ3) is 3.17. The lowest BCUT2D eigenvalue weighted by atomic mass is 10.1. The van der Waals surface area contributed by atoms with Crippen LogP contribution >= 0.6 is 0 Å². The molecule has 1 heteroatoms. The van der Waals surface area contributed by atoms with Crippen LogP contribution in [-0.2, 0) is 6.42 Å². The lowest BCUT2D eigenvalue weighted by Crippen LogP contribution is -1.85. The smallest absolute Gasteiger partial charge is 0.0894 e. The zero-order valence-corrected chi connectivity index (χ0v) is 6.59. The predicted octanol–water partition coefficient (Wildman–Crippen LogP) is 2.98. The Morgan fingerprint density at radius 1 is 1.00 bits per heavy atom. The summed E-state index contributed by atoms with van der Waals surface area (Å²) in [5, 5.41) is 0. The number of halogens is 1. The first-order valence-electron chi connectivity index (χ1n) is 4.03. The summed E-state index contributed by atoms with van der Waals surface area (Å²) in [5.74, 6) is 0. The van der Waals surface area contributed by atoms with E-state index in [-0.39, 0.29) is 6.67 Å². The fourth-order valence-electron chi connectivity index (χ4n) is 1.07. The van der Waals surface area contributed by atoms with E-state index in [1.807, 2.05) is 18.2 Å². The Morgan fingerprint density at radius 3 is 2.36 bits per heavy atom. The van der Waals surface area contributed by atoms with Gasteiger partial charge in [0.05, 0.1) is 6.67 Å². The first-order valence-corrected chi connectivity index (χ1v) is 4.03. The van der Waals surface area contributed by atoms with Crippen LogP contribution < -0.4 is 0 Å². The largest absolute Gasteiger partial charge is 0.251 e. The van der Waals surface area contributed by atoms with Crippen LogP contribution in [0.5, 0.6) is 0 Å². The fourth-order valence-corrected chi connectivity index (χ4v) is 1.07. The Kier molecular flexibility index (Phi) is 3.67. The quantitative estimate of drug-likeness (QED) is 0.582. The van der Waals surface area contributed by atoms with Gasteiger partial charge in [-0.05, 0) is 24.8 Å². The topological polar surface area (TPSA) is 0 Å². The summed E-state index contributed by atoms with van der Waals surface area (Å²) in [4.78, 5) is 0. The van der Waals surface area contributed by atoms with Crippen LogP contribution in [0.4, 0.5) is 4.39 Å². The lowest BCUT2D eigenvalue weighted by Gasteiger charge is -1.97. The molecule has 0 saturated carbocycles. The van der Waals surface area contributed by atoms with Gasteiger partial charge in [0.1, 0.15) is 0 Å². The molecule has 0 atom stereocenters. The van der Waals surface area contributed by atoms with Crippen LogP contribution in [0, 0.1) is 0 Å². The third-order valence-corrected chi connectivity index (χ3v) is 1.69. The monoisotopic (exact) mass is 152 g/mol. The van der Waals surface area contributed by atoms with E-state index in [0.29, 0.717) is 6.42 Å². The number of hydrogen-bond acceptors (Lipinski definition) is 0. The van der Waals surface area contributed by atoms with Crippen LogP contribution in [0.1, 0.15) is 18.4 Å². The van der Waals surface area contributed by atoms with Gasteiger partial charge in [-0.15, -0.1) is 0 Å². The van der Waals surface area contributed by atoms with E-state index in [0.717, 1.165) is 12.8 Å². The van der Waals surface area contributed by atoms with Crippen LogP contribution in [0.3, 0.4) is 0 Å². The minimum absolute atomic E-state index is 0.188. The molecule has 0 spiro atoms. The highest BCUT2D eigenvalue weighted by Gasteiger charge is 1.90. The number of unbranched alkanes of at least 4 members (excludes halogenated alkanes) is 1. The Bertz CT molecular complexity index is 181. The van der Waals surface area contributed by atoms with Crippen LogP contribution in [0.2, 0.25) is 0 Å². The van der Waals surface area contributed by atoms with Gasteiger partial charge < -0.3 is 0 Å². The SMILES string of the molecule is FCCCCc1ccccc1. The first-order chi connectivity index (χ1) is 5.43. The molecule has 0 bridgehead atoms. The van der Waals surface area contributed by atoms with Crippen molar-refractivity contribution in [2.75, 3.05) is 6.67 Å².